The Morgan fingerprint density at radius 3 is 3.09 bits per heavy atom. The first-order chi connectivity index (χ1) is 5.21. The van der Waals surface area contributed by atoms with Crippen LogP contribution in [0.1, 0.15) is 39.5 Å². The van der Waals surface area contributed by atoms with E-state index in [4.69, 9.17) is 4.74 Å². The summed E-state index contributed by atoms with van der Waals surface area (Å²) in [5.41, 5.74) is 0.127. The third-order valence-corrected chi connectivity index (χ3v) is 2.82. The van der Waals surface area contributed by atoms with E-state index in [0.717, 1.165) is 5.90 Å². The van der Waals surface area contributed by atoms with Crippen molar-refractivity contribution in [2.24, 2.45) is 4.99 Å². The molecule has 1 aliphatic heterocycles. The van der Waals surface area contributed by atoms with Crippen LogP contribution in [-0.4, -0.2) is 17.5 Å². The Morgan fingerprint density at radius 2 is 2.36 bits per heavy atom. The SMILES string of the molecule is CC1=N[C@]2(C)CCCC[C@@H]2O1. The van der Waals surface area contributed by atoms with Gasteiger partial charge in [-0.2, -0.15) is 0 Å². The summed E-state index contributed by atoms with van der Waals surface area (Å²) in [7, 11) is 0. The lowest BCUT2D eigenvalue weighted by atomic mass is 9.82. The Hall–Kier alpha value is -0.530. The van der Waals surface area contributed by atoms with Gasteiger partial charge in [0.15, 0.2) is 5.90 Å². The summed E-state index contributed by atoms with van der Waals surface area (Å²) < 4.78 is 5.62. The molecule has 1 aliphatic carbocycles. The van der Waals surface area contributed by atoms with Crippen LogP contribution in [0.2, 0.25) is 0 Å². The smallest absolute Gasteiger partial charge is 0.181 e. The number of hydrogen-bond acceptors (Lipinski definition) is 2. The lowest BCUT2D eigenvalue weighted by Gasteiger charge is -2.31. The van der Waals surface area contributed by atoms with E-state index >= 15 is 0 Å². The van der Waals surface area contributed by atoms with Crippen LogP contribution in [0.4, 0.5) is 0 Å². The zero-order chi connectivity index (χ0) is 7.90. The quantitative estimate of drug-likeness (QED) is 0.522. The van der Waals surface area contributed by atoms with Crippen LogP contribution in [0, 0.1) is 0 Å². The molecule has 2 aliphatic rings. The molecular weight excluding hydrogens is 138 g/mol. The number of hydrogen-bond donors (Lipinski definition) is 0. The van der Waals surface area contributed by atoms with Gasteiger partial charge in [0.2, 0.25) is 0 Å². The maximum Gasteiger partial charge on any atom is 0.181 e. The molecular formula is C9H15NO. The molecule has 2 rings (SSSR count). The monoisotopic (exact) mass is 153 g/mol. The van der Waals surface area contributed by atoms with Gasteiger partial charge in [0.1, 0.15) is 6.10 Å². The zero-order valence-electron chi connectivity index (χ0n) is 7.26. The second-order valence-electron chi connectivity index (χ2n) is 3.84. The van der Waals surface area contributed by atoms with E-state index in [2.05, 4.69) is 11.9 Å². The van der Waals surface area contributed by atoms with Crippen LogP contribution in [0.15, 0.2) is 4.99 Å². The molecule has 0 saturated heterocycles. The first kappa shape index (κ1) is 7.14. The van der Waals surface area contributed by atoms with Crippen LogP contribution >= 0.6 is 0 Å². The van der Waals surface area contributed by atoms with Gasteiger partial charge in [-0.1, -0.05) is 6.42 Å². The molecule has 2 heteroatoms. The van der Waals surface area contributed by atoms with Crippen molar-refractivity contribution in [3.63, 3.8) is 0 Å². The summed E-state index contributed by atoms with van der Waals surface area (Å²) >= 11 is 0. The van der Waals surface area contributed by atoms with Gasteiger partial charge in [0.05, 0.1) is 5.54 Å². The van der Waals surface area contributed by atoms with Gasteiger partial charge in [0.25, 0.3) is 0 Å². The molecule has 11 heavy (non-hydrogen) atoms. The van der Waals surface area contributed by atoms with Gasteiger partial charge < -0.3 is 4.74 Å². The van der Waals surface area contributed by atoms with Gasteiger partial charge in [0, 0.05) is 6.92 Å². The van der Waals surface area contributed by atoms with Crippen molar-refractivity contribution < 1.29 is 4.74 Å². The van der Waals surface area contributed by atoms with Crippen molar-refractivity contribution in [3.05, 3.63) is 0 Å². The molecule has 62 valence electrons. The van der Waals surface area contributed by atoms with Crippen molar-refractivity contribution in [3.8, 4) is 0 Å². The van der Waals surface area contributed by atoms with Crippen molar-refractivity contribution in [2.75, 3.05) is 0 Å². The highest BCUT2D eigenvalue weighted by Gasteiger charge is 2.42. The molecule has 0 aromatic carbocycles. The molecule has 0 amide bonds. The van der Waals surface area contributed by atoms with E-state index in [0.29, 0.717) is 6.10 Å². The summed E-state index contributed by atoms with van der Waals surface area (Å²) in [6, 6.07) is 0. The highest BCUT2D eigenvalue weighted by atomic mass is 16.5. The van der Waals surface area contributed by atoms with E-state index < -0.39 is 0 Å². The van der Waals surface area contributed by atoms with Crippen LogP contribution in [-0.2, 0) is 4.74 Å². The van der Waals surface area contributed by atoms with Gasteiger partial charge in [-0.25, -0.2) is 4.99 Å². The lowest BCUT2D eigenvalue weighted by Crippen LogP contribution is -2.37. The number of rotatable bonds is 0. The maximum absolute atomic E-state index is 5.62. The predicted molar refractivity (Wildman–Crippen MR) is 44.9 cm³/mol. The average Bonchev–Trinajstić information content (AvgIpc) is 2.22. The highest BCUT2D eigenvalue weighted by molar-refractivity contribution is 5.75. The van der Waals surface area contributed by atoms with Gasteiger partial charge in [-0.05, 0) is 26.2 Å². The molecule has 1 heterocycles. The fourth-order valence-corrected chi connectivity index (χ4v) is 2.19. The third-order valence-electron chi connectivity index (χ3n) is 2.82. The summed E-state index contributed by atoms with van der Waals surface area (Å²) in [5, 5.41) is 0. The standard InChI is InChI=1S/C9H15NO/c1-7-10-9(2)6-4-3-5-8(9)11-7/h8H,3-6H2,1-2H3/t8-,9+/m0/s1. The summed E-state index contributed by atoms with van der Waals surface area (Å²) in [4.78, 5) is 4.54. The number of aliphatic imine (C=N–C) groups is 1. The maximum atomic E-state index is 5.62. The number of nitrogens with zero attached hydrogens (tertiary/aromatic N) is 1. The molecule has 0 unspecified atom stereocenters. The Labute approximate surface area is 67.7 Å². The molecule has 0 N–H and O–H groups in total. The molecule has 0 radical (unpaired) electrons. The van der Waals surface area contributed by atoms with E-state index in [1.807, 2.05) is 6.92 Å². The highest BCUT2D eigenvalue weighted by Crippen LogP contribution is 2.37. The Balaban J connectivity index is 2.20. The molecule has 1 saturated carbocycles. The normalized spacial score (nSPS) is 42.7. The van der Waals surface area contributed by atoms with Crippen molar-refractivity contribution in [1.82, 2.24) is 0 Å². The molecule has 1 fully saturated rings. The topological polar surface area (TPSA) is 21.6 Å². The van der Waals surface area contributed by atoms with Gasteiger partial charge in [-0.15, -0.1) is 0 Å². The fraction of sp³-hybridized carbons (Fsp3) is 0.889. The second-order valence-corrected chi connectivity index (χ2v) is 3.84. The molecule has 0 bridgehead atoms. The first-order valence-electron chi connectivity index (χ1n) is 4.44. The van der Waals surface area contributed by atoms with Crippen molar-refractivity contribution in [2.45, 2.75) is 51.2 Å². The summed E-state index contributed by atoms with van der Waals surface area (Å²) in [6.45, 7) is 4.18. The Bertz CT molecular complexity index is 200. The van der Waals surface area contributed by atoms with Crippen molar-refractivity contribution >= 4 is 5.90 Å². The lowest BCUT2D eigenvalue weighted by molar-refractivity contribution is 0.103. The first-order valence-corrected chi connectivity index (χ1v) is 4.44. The number of fused-ring (bicyclic) bond motifs is 1. The van der Waals surface area contributed by atoms with Crippen LogP contribution in [0.5, 0.6) is 0 Å². The van der Waals surface area contributed by atoms with E-state index in [1.54, 1.807) is 0 Å². The number of ether oxygens (including phenoxy) is 1. The molecule has 2 atom stereocenters. The van der Waals surface area contributed by atoms with Gasteiger partial charge in [-0.3, -0.25) is 0 Å². The molecule has 0 aromatic heterocycles. The van der Waals surface area contributed by atoms with Gasteiger partial charge >= 0.3 is 0 Å². The zero-order valence-corrected chi connectivity index (χ0v) is 7.26. The van der Waals surface area contributed by atoms with Crippen molar-refractivity contribution in [1.29, 1.82) is 0 Å². The van der Waals surface area contributed by atoms with Crippen LogP contribution in [0.3, 0.4) is 0 Å². The molecule has 2 nitrogen and oxygen atoms in total. The second kappa shape index (κ2) is 2.23. The van der Waals surface area contributed by atoms with Crippen LogP contribution in [0.25, 0.3) is 0 Å². The minimum atomic E-state index is 0.127. The minimum absolute atomic E-state index is 0.127. The largest absolute Gasteiger partial charge is 0.475 e. The third kappa shape index (κ3) is 1.05. The predicted octanol–water partition coefficient (Wildman–Crippen LogP) is 2.14. The Morgan fingerprint density at radius 1 is 1.55 bits per heavy atom. The fourth-order valence-electron chi connectivity index (χ4n) is 2.19. The summed E-state index contributed by atoms with van der Waals surface area (Å²) in [6.07, 6.45) is 5.40. The molecule has 0 aromatic rings. The van der Waals surface area contributed by atoms with E-state index in [9.17, 15) is 0 Å². The Kier molecular flexibility index (Phi) is 1.44. The summed E-state index contributed by atoms with van der Waals surface area (Å²) in [5.74, 6) is 0.888. The minimum Gasteiger partial charge on any atom is -0.475 e. The van der Waals surface area contributed by atoms with E-state index in [-0.39, 0.29) is 5.54 Å². The average molecular weight is 153 g/mol. The molecule has 0 spiro atoms. The van der Waals surface area contributed by atoms with Crippen LogP contribution < -0.4 is 0 Å². The van der Waals surface area contributed by atoms with E-state index in [1.165, 1.54) is 25.7 Å².